The van der Waals surface area contributed by atoms with E-state index in [4.69, 9.17) is 5.73 Å². The van der Waals surface area contributed by atoms with E-state index in [1.165, 1.54) is 0 Å². The lowest BCUT2D eigenvalue weighted by Gasteiger charge is -2.17. The third kappa shape index (κ3) is 1.18. The highest BCUT2D eigenvalue weighted by Gasteiger charge is 2.19. The van der Waals surface area contributed by atoms with Gasteiger partial charge in [0.25, 0.3) is 0 Å². The van der Waals surface area contributed by atoms with Crippen LogP contribution in [0.2, 0.25) is 0 Å². The zero-order chi connectivity index (χ0) is 7.84. The van der Waals surface area contributed by atoms with E-state index in [0.717, 1.165) is 25.2 Å². The number of hydrogen-bond donors (Lipinski definition) is 1. The Labute approximate surface area is 72.9 Å². The van der Waals surface area contributed by atoms with Crippen molar-refractivity contribution in [2.45, 2.75) is 25.4 Å². The molecule has 0 aliphatic carbocycles. The van der Waals surface area contributed by atoms with E-state index >= 15 is 0 Å². The fraction of sp³-hybridized carbons (Fsp3) is 0.667. The molecule has 2 rings (SSSR count). The lowest BCUT2D eigenvalue weighted by atomic mass is 10.1. The summed E-state index contributed by atoms with van der Waals surface area (Å²) in [6, 6.07) is 0.0718. The topological polar surface area (TPSA) is 56.7 Å². The van der Waals surface area contributed by atoms with Crippen LogP contribution < -0.4 is 5.73 Å². The second-order valence-electron chi connectivity index (χ2n) is 2.71. The highest BCUT2D eigenvalue weighted by molar-refractivity contribution is 9.10. The Morgan fingerprint density at radius 1 is 1.64 bits per heavy atom. The van der Waals surface area contributed by atoms with Crippen LogP contribution in [0.15, 0.2) is 4.73 Å². The molecule has 0 amide bonds. The van der Waals surface area contributed by atoms with Gasteiger partial charge < -0.3 is 5.73 Å². The molecule has 0 spiro atoms. The minimum Gasteiger partial charge on any atom is -0.321 e. The van der Waals surface area contributed by atoms with Crippen molar-refractivity contribution in [3.63, 3.8) is 0 Å². The molecule has 0 radical (unpaired) electrons. The molecule has 0 fully saturated rings. The Morgan fingerprint density at radius 3 is 3.18 bits per heavy atom. The average Bonchev–Trinajstić information content (AvgIpc) is 2.31. The summed E-state index contributed by atoms with van der Waals surface area (Å²) in [5, 5.41) is 4.14. The molecule has 4 nitrogen and oxygen atoms in total. The normalized spacial score (nSPS) is 23.3. The molecule has 0 saturated heterocycles. The summed E-state index contributed by atoms with van der Waals surface area (Å²) in [6.07, 6.45) is 2.12. The number of nitrogens with zero attached hydrogens (tertiary/aromatic N) is 3. The van der Waals surface area contributed by atoms with E-state index in [0.29, 0.717) is 4.73 Å². The lowest BCUT2D eigenvalue weighted by molar-refractivity contribution is 0.422. The first kappa shape index (κ1) is 7.24. The van der Waals surface area contributed by atoms with Gasteiger partial charge in [0.2, 0.25) is 4.73 Å². The van der Waals surface area contributed by atoms with Gasteiger partial charge in [-0.2, -0.15) is 0 Å². The van der Waals surface area contributed by atoms with Gasteiger partial charge in [-0.3, -0.25) is 0 Å². The summed E-state index contributed by atoms with van der Waals surface area (Å²) in [5.74, 6) is 0.906. The Balaban J connectivity index is 2.43. The summed E-state index contributed by atoms with van der Waals surface area (Å²) < 4.78 is 2.52. The first-order chi connectivity index (χ1) is 5.27. The molecule has 2 N–H and O–H groups in total. The smallest absolute Gasteiger partial charge is 0.217 e. The van der Waals surface area contributed by atoms with Crippen LogP contribution in [-0.4, -0.2) is 14.8 Å². The summed E-state index contributed by atoms with van der Waals surface area (Å²) in [5.41, 5.74) is 5.82. The highest BCUT2D eigenvalue weighted by atomic mass is 79.9. The van der Waals surface area contributed by atoms with Crippen LogP contribution >= 0.6 is 15.9 Å². The molecular weight excluding hydrogens is 208 g/mol. The average molecular weight is 217 g/mol. The van der Waals surface area contributed by atoms with E-state index < -0.39 is 0 Å². The number of aryl methyl sites for hydroxylation is 1. The number of aromatic nitrogens is 3. The predicted molar refractivity (Wildman–Crippen MR) is 43.9 cm³/mol. The number of halogens is 1. The number of fused-ring (bicyclic) bond motifs is 1. The number of hydrogen-bond acceptors (Lipinski definition) is 3. The molecule has 1 aromatic heterocycles. The van der Waals surface area contributed by atoms with Crippen LogP contribution in [0.5, 0.6) is 0 Å². The standard InChI is InChI=1S/C6H9BrN4/c7-6-9-5-4(8)2-1-3-11(5)10-6/h4H,1-3,8H2. The molecular formula is C6H9BrN4. The van der Waals surface area contributed by atoms with Gasteiger partial charge in [-0.25, -0.2) is 9.67 Å². The minimum absolute atomic E-state index is 0.0718. The zero-order valence-electron chi connectivity index (χ0n) is 6.00. The van der Waals surface area contributed by atoms with Crippen molar-refractivity contribution < 1.29 is 0 Å². The Hall–Kier alpha value is -0.420. The maximum absolute atomic E-state index is 5.82. The monoisotopic (exact) mass is 216 g/mol. The molecule has 60 valence electrons. The maximum Gasteiger partial charge on any atom is 0.217 e. The van der Waals surface area contributed by atoms with Crippen molar-refractivity contribution in [2.75, 3.05) is 0 Å². The second kappa shape index (κ2) is 2.57. The first-order valence-corrected chi connectivity index (χ1v) is 4.42. The van der Waals surface area contributed by atoms with Gasteiger partial charge in [-0.05, 0) is 28.8 Å². The van der Waals surface area contributed by atoms with Gasteiger partial charge in [-0.1, -0.05) is 0 Å². The largest absolute Gasteiger partial charge is 0.321 e. The molecule has 1 aliphatic rings. The molecule has 1 unspecified atom stereocenters. The Morgan fingerprint density at radius 2 is 2.45 bits per heavy atom. The maximum atomic E-state index is 5.82. The van der Waals surface area contributed by atoms with Crippen molar-refractivity contribution in [3.8, 4) is 0 Å². The molecule has 0 aromatic carbocycles. The van der Waals surface area contributed by atoms with Crippen LogP contribution in [0, 0.1) is 0 Å². The highest BCUT2D eigenvalue weighted by Crippen LogP contribution is 2.21. The van der Waals surface area contributed by atoms with Crippen molar-refractivity contribution in [3.05, 3.63) is 10.6 Å². The van der Waals surface area contributed by atoms with Crippen molar-refractivity contribution in [2.24, 2.45) is 5.73 Å². The summed E-state index contributed by atoms with van der Waals surface area (Å²) in [7, 11) is 0. The molecule has 0 saturated carbocycles. The van der Waals surface area contributed by atoms with Crippen LogP contribution in [0.4, 0.5) is 0 Å². The molecule has 11 heavy (non-hydrogen) atoms. The SMILES string of the molecule is NC1CCCn2nc(Br)nc21. The third-order valence-corrected chi connectivity index (χ3v) is 2.23. The quantitative estimate of drug-likeness (QED) is 0.700. The molecule has 5 heteroatoms. The molecule has 0 bridgehead atoms. The molecule has 1 aromatic rings. The fourth-order valence-electron chi connectivity index (χ4n) is 1.35. The van der Waals surface area contributed by atoms with E-state index in [1.807, 2.05) is 4.68 Å². The zero-order valence-corrected chi connectivity index (χ0v) is 7.58. The lowest BCUT2D eigenvalue weighted by Crippen LogP contribution is -2.22. The Kier molecular flexibility index (Phi) is 1.69. The summed E-state index contributed by atoms with van der Waals surface area (Å²) in [6.45, 7) is 0.946. The summed E-state index contributed by atoms with van der Waals surface area (Å²) >= 11 is 3.22. The van der Waals surface area contributed by atoms with Crippen molar-refractivity contribution in [1.29, 1.82) is 0 Å². The van der Waals surface area contributed by atoms with Gasteiger partial charge >= 0.3 is 0 Å². The van der Waals surface area contributed by atoms with Crippen LogP contribution in [0.1, 0.15) is 24.7 Å². The van der Waals surface area contributed by atoms with E-state index in [1.54, 1.807) is 0 Å². The van der Waals surface area contributed by atoms with Gasteiger partial charge in [0.05, 0.1) is 6.04 Å². The van der Waals surface area contributed by atoms with Crippen LogP contribution in [0.3, 0.4) is 0 Å². The van der Waals surface area contributed by atoms with E-state index in [9.17, 15) is 0 Å². The molecule has 2 heterocycles. The first-order valence-electron chi connectivity index (χ1n) is 3.63. The van der Waals surface area contributed by atoms with Crippen molar-refractivity contribution in [1.82, 2.24) is 14.8 Å². The predicted octanol–water partition coefficient (Wildman–Crippen LogP) is 0.834. The van der Waals surface area contributed by atoms with Crippen LogP contribution in [0.25, 0.3) is 0 Å². The number of rotatable bonds is 0. The van der Waals surface area contributed by atoms with E-state index in [2.05, 4.69) is 26.0 Å². The molecule has 1 aliphatic heterocycles. The fourth-order valence-corrected chi connectivity index (χ4v) is 1.73. The third-order valence-electron chi connectivity index (χ3n) is 1.89. The number of nitrogens with two attached hydrogens (primary N) is 1. The Bertz CT molecular complexity index is 270. The van der Waals surface area contributed by atoms with Gasteiger partial charge in [0.15, 0.2) is 0 Å². The minimum atomic E-state index is 0.0718. The van der Waals surface area contributed by atoms with Gasteiger partial charge in [0, 0.05) is 6.54 Å². The van der Waals surface area contributed by atoms with Gasteiger partial charge in [0.1, 0.15) is 5.82 Å². The van der Waals surface area contributed by atoms with E-state index in [-0.39, 0.29) is 6.04 Å². The van der Waals surface area contributed by atoms with Crippen molar-refractivity contribution >= 4 is 15.9 Å². The molecule has 1 atom stereocenters. The summed E-state index contributed by atoms with van der Waals surface area (Å²) in [4.78, 5) is 4.18. The van der Waals surface area contributed by atoms with Gasteiger partial charge in [-0.15, -0.1) is 5.10 Å². The van der Waals surface area contributed by atoms with Crippen LogP contribution in [-0.2, 0) is 6.54 Å². The second-order valence-corrected chi connectivity index (χ2v) is 3.42.